The van der Waals surface area contributed by atoms with Crippen molar-refractivity contribution in [2.45, 2.75) is 50.0 Å². The first-order valence-corrected chi connectivity index (χ1v) is 15.8. The highest BCUT2D eigenvalue weighted by molar-refractivity contribution is 7.88. The molecular weight excluding hydrogens is 541 g/mol. The number of hydrogen-bond acceptors (Lipinski definition) is 5. The number of aromatic nitrogens is 2. The number of H-pyrrole nitrogens is 1. The minimum absolute atomic E-state index is 0.185. The van der Waals surface area contributed by atoms with Crippen molar-refractivity contribution in [2.75, 3.05) is 30.8 Å². The van der Waals surface area contributed by atoms with Gasteiger partial charge in [0.2, 0.25) is 16.0 Å². The van der Waals surface area contributed by atoms with Gasteiger partial charge in [0.15, 0.2) is 0 Å². The van der Waals surface area contributed by atoms with E-state index in [-0.39, 0.29) is 5.41 Å². The lowest BCUT2D eigenvalue weighted by Gasteiger charge is -2.40. The van der Waals surface area contributed by atoms with Crippen LogP contribution in [0.15, 0.2) is 36.4 Å². The van der Waals surface area contributed by atoms with Crippen LogP contribution in [0, 0.1) is 23.2 Å². The second-order valence-corrected chi connectivity index (χ2v) is 14.1. The number of rotatable bonds is 6. The van der Waals surface area contributed by atoms with Crippen molar-refractivity contribution in [1.82, 2.24) is 14.3 Å². The molecule has 6 rings (SSSR count). The fraction of sp³-hybridized carbons (Fsp3) is 0.500. The molecule has 2 saturated carbocycles. The lowest BCUT2D eigenvalue weighted by Crippen LogP contribution is -2.46. The van der Waals surface area contributed by atoms with Gasteiger partial charge in [-0.15, -0.1) is 0 Å². The molecule has 1 aromatic heterocycles. The van der Waals surface area contributed by atoms with Crippen LogP contribution in [0.3, 0.4) is 0 Å². The summed E-state index contributed by atoms with van der Waals surface area (Å²) in [6.45, 7) is 1.95. The van der Waals surface area contributed by atoms with E-state index in [0.29, 0.717) is 41.0 Å². The number of nitrogens with one attached hydrogen (secondary N) is 1. The zero-order valence-electron chi connectivity index (χ0n) is 21.3. The van der Waals surface area contributed by atoms with Crippen LogP contribution >= 0.6 is 23.2 Å². The molecule has 1 saturated heterocycles. The molecule has 0 bridgehead atoms. The van der Waals surface area contributed by atoms with Crippen molar-refractivity contribution >= 4 is 50.2 Å². The van der Waals surface area contributed by atoms with Crippen molar-refractivity contribution < 1.29 is 8.42 Å². The molecule has 0 spiro atoms. The molecule has 1 aliphatic heterocycles. The van der Waals surface area contributed by atoms with Crippen LogP contribution in [0.25, 0.3) is 11.0 Å². The Kier molecular flexibility index (Phi) is 6.63. The Morgan fingerprint density at radius 1 is 1.18 bits per heavy atom. The zero-order valence-corrected chi connectivity index (χ0v) is 23.7. The van der Waals surface area contributed by atoms with Crippen LogP contribution in [-0.4, -0.2) is 54.6 Å². The number of hydrogen-bond donors (Lipinski definition) is 1. The van der Waals surface area contributed by atoms with Crippen LogP contribution in [0.4, 0.5) is 5.95 Å². The standard InChI is InChI=1S/C28H31Cl2N5O2S/c1-38(36,37)34-9-6-18(7-10-34)17-35(27-32-25-13-23(29)24(30)14-26(25)33-27)22-5-8-28(15-21(28)12-22)20-4-2-3-19(11-20)16-31/h2-4,11,13-14,18,21-22H,5-10,12,15,17H2,1H3,(H,32,33)/t21?,22?,28-/m1/s1. The van der Waals surface area contributed by atoms with E-state index in [2.05, 4.69) is 28.1 Å². The molecule has 10 heteroatoms. The monoisotopic (exact) mass is 571 g/mol. The van der Waals surface area contributed by atoms with Gasteiger partial charge in [0, 0.05) is 25.7 Å². The van der Waals surface area contributed by atoms with Gasteiger partial charge in [0.25, 0.3) is 0 Å². The van der Waals surface area contributed by atoms with Crippen molar-refractivity contribution in [2.24, 2.45) is 11.8 Å². The molecule has 3 atom stereocenters. The first-order valence-electron chi connectivity index (χ1n) is 13.2. The number of anilines is 1. The maximum atomic E-state index is 12.0. The van der Waals surface area contributed by atoms with Crippen LogP contribution in [-0.2, 0) is 15.4 Å². The van der Waals surface area contributed by atoms with E-state index in [1.165, 1.54) is 11.8 Å². The Labute approximate surface area is 233 Å². The summed E-state index contributed by atoms with van der Waals surface area (Å²) in [6, 6.07) is 14.4. The molecule has 2 unspecified atom stereocenters. The van der Waals surface area contributed by atoms with Crippen LogP contribution in [0.5, 0.6) is 0 Å². The van der Waals surface area contributed by atoms with Crippen molar-refractivity contribution in [3.63, 3.8) is 0 Å². The molecule has 2 aliphatic carbocycles. The number of benzene rings is 2. The smallest absolute Gasteiger partial charge is 0.211 e. The van der Waals surface area contributed by atoms with E-state index in [1.807, 2.05) is 18.2 Å². The second kappa shape index (κ2) is 9.71. The number of piperidine rings is 1. The van der Waals surface area contributed by atoms with Gasteiger partial charge in [-0.1, -0.05) is 35.3 Å². The third-order valence-corrected chi connectivity index (χ3v) is 11.0. The molecule has 0 amide bonds. The summed E-state index contributed by atoms with van der Waals surface area (Å²) in [4.78, 5) is 10.9. The highest BCUT2D eigenvalue weighted by atomic mass is 35.5. The molecule has 1 N–H and O–H groups in total. The molecule has 2 heterocycles. The van der Waals surface area contributed by atoms with E-state index in [9.17, 15) is 13.7 Å². The number of imidazole rings is 1. The van der Waals surface area contributed by atoms with Crippen molar-refractivity contribution in [3.05, 3.63) is 57.6 Å². The summed E-state index contributed by atoms with van der Waals surface area (Å²) in [6.07, 6.45) is 7.31. The number of fused-ring (bicyclic) bond motifs is 2. The summed E-state index contributed by atoms with van der Waals surface area (Å²) in [5.41, 5.74) is 3.86. The average Bonchev–Trinajstić information content (AvgIpc) is 3.52. The number of nitrogens with zero attached hydrogens (tertiary/aromatic N) is 4. The molecular formula is C28H31Cl2N5O2S. The quantitative estimate of drug-likeness (QED) is 0.407. The van der Waals surface area contributed by atoms with Gasteiger partial charge in [-0.2, -0.15) is 5.26 Å². The minimum atomic E-state index is -3.16. The third-order valence-electron chi connectivity index (χ3n) is 9.00. The molecule has 3 aromatic rings. The molecule has 3 fully saturated rings. The average molecular weight is 573 g/mol. The fourth-order valence-electron chi connectivity index (χ4n) is 6.78. The van der Waals surface area contributed by atoms with Crippen LogP contribution in [0.2, 0.25) is 10.0 Å². The number of aromatic amines is 1. The van der Waals surface area contributed by atoms with E-state index in [1.54, 1.807) is 10.4 Å². The Morgan fingerprint density at radius 2 is 1.95 bits per heavy atom. The van der Waals surface area contributed by atoms with E-state index in [4.69, 9.17) is 28.2 Å². The molecule has 2 aromatic carbocycles. The van der Waals surface area contributed by atoms with Gasteiger partial charge >= 0.3 is 0 Å². The largest absolute Gasteiger partial charge is 0.339 e. The van der Waals surface area contributed by atoms with E-state index in [0.717, 1.165) is 67.6 Å². The van der Waals surface area contributed by atoms with Gasteiger partial charge in [0.1, 0.15) is 0 Å². The Hall–Kier alpha value is -2.31. The highest BCUT2D eigenvalue weighted by Gasteiger charge is 2.58. The third kappa shape index (κ3) is 4.79. The van der Waals surface area contributed by atoms with Crippen molar-refractivity contribution in [3.8, 4) is 6.07 Å². The molecule has 200 valence electrons. The summed E-state index contributed by atoms with van der Waals surface area (Å²) in [5.74, 6) is 1.79. The molecule has 0 radical (unpaired) electrons. The first-order chi connectivity index (χ1) is 18.2. The Balaban J connectivity index is 1.25. The number of sulfonamides is 1. The van der Waals surface area contributed by atoms with Crippen LogP contribution < -0.4 is 4.90 Å². The predicted molar refractivity (Wildman–Crippen MR) is 151 cm³/mol. The Bertz CT molecular complexity index is 1490. The van der Waals surface area contributed by atoms with Crippen LogP contribution in [0.1, 0.15) is 49.7 Å². The fourth-order valence-corrected chi connectivity index (χ4v) is 7.98. The maximum absolute atomic E-state index is 12.0. The maximum Gasteiger partial charge on any atom is 0.211 e. The lowest BCUT2D eigenvalue weighted by atomic mass is 9.79. The van der Waals surface area contributed by atoms with Gasteiger partial charge in [-0.3, -0.25) is 0 Å². The van der Waals surface area contributed by atoms with E-state index < -0.39 is 10.0 Å². The number of nitriles is 1. The predicted octanol–water partition coefficient (Wildman–Crippen LogP) is 5.73. The summed E-state index contributed by atoms with van der Waals surface area (Å²) in [7, 11) is -3.16. The molecule has 7 nitrogen and oxygen atoms in total. The summed E-state index contributed by atoms with van der Waals surface area (Å²) in [5, 5.41) is 10.4. The van der Waals surface area contributed by atoms with Gasteiger partial charge < -0.3 is 9.88 Å². The normalized spacial score (nSPS) is 26.2. The van der Waals surface area contributed by atoms with Gasteiger partial charge in [0.05, 0.1) is 39.0 Å². The molecule has 3 aliphatic rings. The van der Waals surface area contributed by atoms with Crippen molar-refractivity contribution in [1.29, 1.82) is 5.26 Å². The topological polar surface area (TPSA) is 93.1 Å². The highest BCUT2D eigenvalue weighted by Crippen LogP contribution is 2.63. The zero-order chi connectivity index (χ0) is 26.7. The number of halogens is 2. The SMILES string of the molecule is CS(=O)(=O)N1CCC(CN(c2nc3cc(Cl)c(Cl)cc3[nH]2)C2CC[C@]3(c4cccc(C#N)c4)CC3C2)CC1. The van der Waals surface area contributed by atoms with Gasteiger partial charge in [-0.05, 0) is 85.6 Å². The minimum Gasteiger partial charge on any atom is -0.339 e. The van der Waals surface area contributed by atoms with E-state index >= 15 is 0 Å². The van der Waals surface area contributed by atoms with Gasteiger partial charge in [-0.25, -0.2) is 17.7 Å². The molecule has 38 heavy (non-hydrogen) atoms. The lowest BCUT2D eigenvalue weighted by molar-refractivity contribution is 0.264. The summed E-state index contributed by atoms with van der Waals surface area (Å²) >= 11 is 12.6. The second-order valence-electron chi connectivity index (χ2n) is 11.3. The Morgan fingerprint density at radius 3 is 2.66 bits per heavy atom. The first kappa shape index (κ1) is 25.9. The summed E-state index contributed by atoms with van der Waals surface area (Å²) < 4.78 is 25.6.